The average molecular weight is 222 g/mol. The number of nitrogens with two attached hydrogens (primary N) is 1. The molecule has 0 saturated carbocycles. The lowest BCUT2D eigenvalue weighted by Crippen LogP contribution is -2.32. The van der Waals surface area contributed by atoms with E-state index in [1.165, 1.54) is 0 Å². The Kier molecular flexibility index (Phi) is 3.65. The molecule has 0 spiro atoms. The minimum absolute atomic E-state index is 0. The number of aromatic amines is 1. The molecule has 0 aliphatic rings. The summed E-state index contributed by atoms with van der Waals surface area (Å²) in [6.07, 6.45) is 2.16. The van der Waals surface area contributed by atoms with Crippen molar-refractivity contribution in [1.29, 1.82) is 0 Å². The van der Waals surface area contributed by atoms with Crippen LogP contribution in [0.3, 0.4) is 0 Å². The molecule has 0 aliphatic heterocycles. The number of carbonyl (C=O) groups is 1. The van der Waals surface area contributed by atoms with E-state index in [-0.39, 0.29) is 5.48 Å². The van der Waals surface area contributed by atoms with Gasteiger partial charge >= 0.3 is 5.97 Å². The van der Waals surface area contributed by atoms with Gasteiger partial charge in [-0.25, -0.2) is 0 Å². The molecule has 16 heavy (non-hydrogen) atoms. The van der Waals surface area contributed by atoms with Crippen LogP contribution in [0.15, 0.2) is 30.5 Å². The predicted molar refractivity (Wildman–Crippen MR) is 61.2 cm³/mol. The van der Waals surface area contributed by atoms with Crippen LogP contribution < -0.4 is 5.73 Å². The van der Waals surface area contributed by atoms with Gasteiger partial charge in [0.1, 0.15) is 6.04 Å². The Morgan fingerprint density at radius 1 is 1.44 bits per heavy atom. The molecule has 2 rings (SSSR count). The van der Waals surface area contributed by atoms with E-state index in [4.69, 9.17) is 10.8 Å². The van der Waals surface area contributed by atoms with Gasteiger partial charge in [-0.1, -0.05) is 18.2 Å². The minimum atomic E-state index is -0.972. The Hall–Kier alpha value is -1.85. The molecule has 1 aromatic heterocycles. The molecule has 5 nitrogen and oxygen atoms in total. The molecular formula is C11H14N2O3. The van der Waals surface area contributed by atoms with Crippen LogP contribution in [-0.4, -0.2) is 27.6 Å². The van der Waals surface area contributed by atoms with E-state index in [2.05, 4.69) is 4.98 Å². The van der Waals surface area contributed by atoms with E-state index in [1.807, 2.05) is 30.5 Å². The lowest BCUT2D eigenvalue weighted by Gasteiger charge is -2.04. The molecule has 0 amide bonds. The summed E-state index contributed by atoms with van der Waals surface area (Å²) in [7, 11) is 0. The number of aliphatic carboxylic acids is 1. The molecule has 0 fully saturated rings. The number of hydrogen-bond donors (Lipinski definition) is 3. The van der Waals surface area contributed by atoms with Crippen LogP contribution in [0, 0.1) is 0 Å². The summed E-state index contributed by atoms with van der Waals surface area (Å²) in [4.78, 5) is 13.7. The lowest BCUT2D eigenvalue weighted by atomic mass is 10.1. The number of aromatic nitrogens is 1. The number of H-pyrrole nitrogens is 1. The van der Waals surface area contributed by atoms with Gasteiger partial charge in [-0.15, -0.1) is 0 Å². The van der Waals surface area contributed by atoms with Crippen molar-refractivity contribution in [2.24, 2.45) is 5.73 Å². The fourth-order valence-corrected chi connectivity index (χ4v) is 1.62. The van der Waals surface area contributed by atoms with Crippen LogP contribution in [0.25, 0.3) is 10.9 Å². The second kappa shape index (κ2) is 4.78. The third-order valence-electron chi connectivity index (χ3n) is 2.43. The molecule has 0 aliphatic carbocycles. The highest BCUT2D eigenvalue weighted by Crippen LogP contribution is 2.18. The van der Waals surface area contributed by atoms with Crippen LogP contribution in [-0.2, 0) is 11.2 Å². The molecule has 5 heteroatoms. The molecule has 0 radical (unpaired) electrons. The molecular weight excluding hydrogens is 208 g/mol. The summed E-state index contributed by atoms with van der Waals surface area (Å²) < 4.78 is 0. The Morgan fingerprint density at radius 2 is 2.12 bits per heavy atom. The summed E-state index contributed by atoms with van der Waals surface area (Å²) in [6, 6.07) is 6.91. The van der Waals surface area contributed by atoms with Gasteiger partial charge in [-0.05, 0) is 11.6 Å². The highest BCUT2D eigenvalue weighted by Gasteiger charge is 2.14. The SMILES string of the molecule is NC(Cc1c[nH]c2ccccc12)C(=O)O.O. The number of hydrogen-bond acceptors (Lipinski definition) is 2. The Morgan fingerprint density at radius 3 is 2.81 bits per heavy atom. The zero-order valence-electron chi connectivity index (χ0n) is 8.60. The Labute approximate surface area is 92.2 Å². The predicted octanol–water partition coefficient (Wildman–Crippen LogP) is 0.298. The van der Waals surface area contributed by atoms with Gasteiger partial charge in [0.15, 0.2) is 0 Å². The van der Waals surface area contributed by atoms with Gasteiger partial charge in [-0.2, -0.15) is 0 Å². The lowest BCUT2D eigenvalue weighted by molar-refractivity contribution is -0.138. The molecule has 0 bridgehead atoms. The molecule has 1 aromatic carbocycles. The van der Waals surface area contributed by atoms with E-state index in [0.717, 1.165) is 16.5 Å². The smallest absolute Gasteiger partial charge is 0.320 e. The maximum absolute atomic E-state index is 10.6. The molecule has 1 atom stereocenters. The molecule has 1 heterocycles. The Balaban J connectivity index is 0.00000128. The first-order valence-electron chi connectivity index (χ1n) is 4.72. The fourth-order valence-electron chi connectivity index (χ4n) is 1.62. The van der Waals surface area contributed by atoms with E-state index < -0.39 is 12.0 Å². The number of para-hydroxylation sites is 1. The van der Waals surface area contributed by atoms with Crippen LogP contribution in [0.2, 0.25) is 0 Å². The van der Waals surface area contributed by atoms with Crippen molar-refractivity contribution < 1.29 is 15.4 Å². The third-order valence-corrected chi connectivity index (χ3v) is 2.43. The van der Waals surface area contributed by atoms with Crippen molar-refractivity contribution in [1.82, 2.24) is 4.98 Å². The van der Waals surface area contributed by atoms with Crippen molar-refractivity contribution in [3.63, 3.8) is 0 Å². The first kappa shape index (κ1) is 12.2. The standard InChI is InChI=1S/C11H12N2O2.H2O/c12-9(11(14)15)5-7-6-13-10-4-2-1-3-8(7)10;/h1-4,6,9,13H,5,12H2,(H,14,15);1H2. The number of rotatable bonds is 3. The van der Waals surface area contributed by atoms with E-state index in [1.54, 1.807) is 0 Å². The molecule has 86 valence electrons. The number of fused-ring (bicyclic) bond motifs is 1. The quantitative estimate of drug-likeness (QED) is 0.694. The minimum Gasteiger partial charge on any atom is -0.480 e. The van der Waals surface area contributed by atoms with E-state index >= 15 is 0 Å². The van der Waals surface area contributed by atoms with E-state index in [9.17, 15) is 4.79 Å². The molecule has 0 saturated heterocycles. The number of carboxylic acid groups (broad SMARTS) is 1. The average Bonchev–Trinajstić information content (AvgIpc) is 2.62. The highest BCUT2D eigenvalue weighted by molar-refractivity contribution is 5.84. The number of nitrogens with one attached hydrogen (secondary N) is 1. The fraction of sp³-hybridized carbons (Fsp3) is 0.182. The van der Waals surface area contributed by atoms with Crippen LogP contribution >= 0.6 is 0 Å². The number of carboxylic acids is 1. The zero-order chi connectivity index (χ0) is 10.8. The maximum Gasteiger partial charge on any atom is 0.320 e. The van der Waals surface area contributed by atoms with Crippen LogP contribution in [0.5, 0.6) is 0 Å². The third kappa shape index (κ3) is 2.21. The van der Waals surface area contributed by atoms with Gasteiger partial charge in [0.2, 0.25) is 0 Å². The normalized spacial score (nSPS) is 12.1. The maximum atomic E-state index is 10.6. The van der Waals surface area contributed by atoms with Gasteiger partial charge in [0, 0.05) is 23.5 Å². The topological polar surface area (TPSA) is 111 Å². The highest BCUT2D eigenvalue weighted by atomic mass is 16.4. The van der Waals surface area contributed by atoms with Gasteiger partial charge in [0.25, 0.3) is 0 Å². The summed E-state index contributed by atoms with van der Waals surface area (Å²) in [5, 5.41) is 9.75. The van der Waals surface area contributed by atoms with Gasteiger partial charge in [-0.3, -0.25) is 4.79 Å². The largest absolute Gasteiger partial charge is 0.480 e. The summed E-state index contributed by atoms with van der Waals surface area (Å²) in [5.74, 6) is -0.972. The summed E-state index contributed by atoms with van der Waals surface area (Å²) in [5.41, 5.74) is 7.43. The zero-order valence-corrected chi connectivity index (χ0v) is 8.60. The Bertz CT molecular complexity index is 493. The van der Waals surface area contributed by atoms with Crippen LogP contribution in [0.1, 0.15) is 5.56 Å². The van der Waals surface area contributed by atoms with Crippen molar-refractivity contribution in [3.8, 4) is 0 Å². The van der Waals surface area contributed by atoms with Crippen molar-refractivity contribution in [3.05, 3.63) is 36.0 Å². The van der Waals surface area contributed by atoms with Gasteiger partial charge < -0.3 is 21.3 Å². The van der Waals surface area contributed by atoms with Crippen molar-refractivity contribution >= 4 is 16.9 Å². The summed E-state index contributed by atoms with van der Waals surface area (Å²) in [6.45, 7) is 0. The molecule has 6 N–H and O–H groups in total. The second-order valence-electron chi connectivity index (χ2n) is 3.51. The number of benzene rings is 1. The van der Waals surface area contributed by atoms with Crippen LogP contribution in [0.4, 0.5) is 0 Å². The second-order valence-corrected chi connectivity index (χ2v) is 3.51. The van der Waals surface area contributed by atoms with Crippen molar-refractivity contribution in [2.75, 3.05) is 0 Å². The first-order chi connectivity index (χ1) is 7.18. The summed E-state index contributed by atoms with van der Waals surface area (Å²) >= 11 is 0. The molecule has 1 unspecified atom stereocenters. The first-order valence-corrected chi connectivity index (χ1v) is 4.72. The molecule has 2 aromatic rings. The van der Waals surface area contributed by atoms with Crippen molar-refractivity contribution in [2.45, 2.75) is 12.5 Å². The van der Waals surface area contributed by atoms with E-state index in [0.29, 0.717) is 6.42 Å². The van der Waals surface area contributed by atoms with Gasteiger partial charge in [0.05, 0.1) is 0 Å². The monoisotopic (exact) mass is 222 g/mol.